The minimum atomic E-state index is -0.784. The molecule has 2 saturated carbocycles. The molecule has 0 saturated heterocycles. The largest absolute Gasteiger partial charge is 0.502 e. The normalized spacial score (nSPS) is 35.8. The Bertz CT molecular complexity index is 447. The Hall–Kier alpha value is -1.32. The summed E-state index contributed by atoms with van der Waals surface area (Å²) in [6, 6.07) is 0. The molecule has 0 spiro atoms. The van der Waals surface area contributed by atoms with Crippen molar-refractivity contribution in [3.8, 4) is 0 Å². The molecule has 2 atom stereocenters. The van der Waals surface area contributed by atoms with Crippen molar-refractivity contribution in [2.24, 2.45) is 16.7 Å². The lowest BCUT2D eigenvalue weighted by atomic mass is 9.70. The predicted octanol–water partition coefficient (Wildman–Crippen LogP) is 2.39. The SMILES string of the molecule is CCOC(=O)C(O)=C1C(=O)[C@]2(C)CC[C@H]1C2(C)C. The highest BCUT2D eigenvalue weighted by molar-refractivity contribution is 6.09. The molecular formula is C14H20O4. The van der Waals surface area contributed by atoms with Gasteiger partial charge in [-0.25, -0.2) is 4.79 Å². The lowest BCUT2D eigenvalue weighted by molar-refractivity contribution is -0.142. The summed E-state index contributed by atoms with van der Waals surface area (Å²) in [6.45, 7) is 7.86. The van der Waals surface area contributed by atoms with Gasteiger partial charge in [-0.05, 0) is 31.1 Å². The summed E-state index contributed by atoms with van der Waals surface area (Å²) in [4.78, 5) is 24.0. The Balaban J connectivity index is 2.47. The summed E-state index contributed by atoms with van der Waals surface area (Å²) in [7, 11) is 0. The third-order valence-corrected chi connectivity index (χ3v) is 5.04. The highest BCUT2D eigenvalue weighted by atomic mass is 16.5. The summed E-state index contributed by atoms with van der Waals surface area (Å²) in [5, 5.41) is 9.97. The topological polar surface area (TPSA) is 63.6 Å². The number of hydrogen-bond donors (Lipinski definition) is 1. The van der Waals surface area contributed by atoms with Gasteiger partial charge in [0.1, 0.15) is 0 Å². The predicted molar refractivity (Wildman–Crippen MR) is 65.9 cm³/mol. The number of rotatable bonds is 2. The minimum Gasteiger partial charge on any atom is -0.502 e. The molecule has 2 fully saturated rings. The third kappa shape index (κ3) is 1.38. The van der Waals surface area contributed by atoms with Crippen molar-refractivity contribution in [2.75, 3.05) is 6.61 Å². The standard InChI is InChI=1S/C14H20O4/c1-5-18-12(17)10(15)9-8-6-7-14(4,11(9)16)13(8,2)3/h8,15H,5-7H2,1-4H3/t8-,14+/m1/s1. The van der Waals surface area contributed by atoms with Gasteiger partial charge in [-0.15, -0.1) is 0 Å². The van der Waals surface area contributed by atoms with E-state index in [1.54, 1.807) is 6.92 Å². The van der Waals surface area contributed by atoms with E-state index in [2.05, 4.69) is 0 Å². The zero-order valence-corrected chi connectivity index (χ0v) is 11.4. The van der Waals surface area contributed by atoms with Crippen LogP contribution in [0.1, 0.15) is 40.5 Å². The maximum atomic E-state index is 12.4. The van der Waals surface area contributed by atoms with E-state index in [1.165, 1.54) is 0 Å². The fraction of sp³-hybridized carbons (Fsp3) is 0.714. The zero-order valence-electron chi connectivity index (χ0n) is 11.4. The number of ketones is 1. The third-order valence-electron chi connectivity index (χ3n) is 5.04. The van der Waals surface area contributed by atoms with Gasteiger partial charge in [-0.3, -0.25) is 4.79 Å². The molecule has 18 heavy (non-hydrogen) atoms. The first-order chi connectivity index (χ1) is 8.27. The van der Waals surface area contributed by atoms with Gasteiger partial charge in [0.25, 0.3) is 0 Å². The van der Waals surface area contributed by atoms with Crippen LogP contribution in [-0.2, 0) is 14.3 Å². The Morgan fingerprint density at radius 2 is 2.06 bits per heavy atom. The summed E-state index contributed by atoms with van der Waals surface area (Å²) in [5.74, 6) is -1.40. The van der Waals surface area contributed by atoms with Crippen LogP contribution < -0.4 is 0 Å². The molecule has 0 unspecified atom stereocenters. The Kier molecular flexibility index (Phi) is 2.80. The number of Topliss-reactive ketones (excluding diaryl/α,β-unsaturated/α-hetero) is 1. The van der Waals surface area contributed by atoms with E-state index in [4.69, 9.17) is 4.74 Å². The highest BCUT2D eigenvalue weighted by Gasteiger charge is 2.65. The van der Waals surface area contributed by atoms with Gasteiger partial charge in [0.2, 0.25) is 5.76 Å². The van der Waals surface area contributed by atoms with Gasteiger partial charge in [-0.1, -0.05) is 20.8 Å². The van der Waals surface area contributed by atoms with Crippen LogP contribution in [0.5, 0.6) is 0 Å². The van der Waals surface area contributed by atoms with Crippen molar-refractivity contribution in [2.45, 2.75) is 40.5 Å². The molecular weight excluding hydrogens is 232 g/mol. The lowest BCUT2D eigenvalue weighted by Gasteiger charge is -2.31. The van der Waals surface area contributed by atoms with Crippen LogP contribution >= 0.6 is 0 Å². The Labute approximate surface area is 107 Å². The zero-order chi connectivity index (χ0) is 13.7. The molecule has 2 aliphatic rings. The van der Waals surface area contributed by atoms with Gasteiger partial charge in [0.05, 0.1) is 6.61 Å². The fourth-order valence-electron chi connectivity index (χ4n) is 3.45. The molecule has 1 N–H and O–H groups in total. The lowest BCUT2D eigenvalue weighted by Crippen LogP contribution is -2.32. The summed E-state index contributed by atoms with van der Waals surface area (Å²) < 4.78 is 4.77. The average molecular weight is 252 g/mol. The van der Waals surface area contributed by atoms with Crippen LogP contribution in [0.25, 0.3) is 0 Å². The van der Waals surface area contributed by atoms with E-state index < -0.39 is 17.1 Å². The second-order valence-corrected chi connectivity index (χ2v) is 5.96. The average Bonchev–Trinajstić information content (AvgIpc) is 2.60. The molecule has 0 radical (unpaired) electrons. The summed E-state index contributed by atoms with van der Waals surface area (Å²) in [6.07, 6.45) is 1.66. The second-order valence-electron chi connectivity index (χ2n) is 5.96. The smallest absolute Gasteiger partial charge is 0.373 e. The molecule has 0 heterocycles. The number of allylic oxidation sites excluding steroid dienone is 1. The van der Waals surface area contributed by atoms with Gasteiger partial charge in [0.15, 0.2) is 5.78 Å². The second kappa shape index (κ2) is 3.84. The first-order valence-corrected chi connectivity index (χ1v) is 6.42. The van der Waals surface area contributed by atoms with Crippen molar-refractivity contribution in [1.29, 1.82) is 0 Å². The first-order valence-electron chi connectivity index (χ1n) is 6.42. The molecule has 0 amide bonds. The quantitative estimate of drug-likeness (QED) is 0.465. The Morgan fingerprint density at radius 1 is 1.44 bits per heavy atom. The maximum Gasteiger partial charge on any atom is 0.373 e. The molecule has 100 valence electrons. The number of esters is 1. The van der Waals surface area contributed by atoms with E-state index in [0.717, 1.165) is 12.8 Å². The molecule has 2 bridgehead atoms. The molecule has 0 aromatic rings. The van der Waals surface area contributed by atoms with E-state index in [-0.39, 0.29) is 29.3 Å². The van der Waals surface area contributed by atoms with Crippen molar-refractivity contribution in [3.63, 3.8) is 0 Å². The fourth-order valence-corrected chi connectivity index (χ4v) is 3.45. The number of aliphatic hydroxyl groups is 1. The van der Waals surface area contributed by atoms with Crippen LogP contribution in [0.2, 0.25) is 0 Å². The number of hydrogen-bond acceptors (Lipinski definition) is 4. The van der Waals surface area contributed by atoms with Crippen molar-refractivity contribution >= 4 is 11.8 Å². The molecule has 2 rings (SSSR count). The van der Waals surface area contributed by atoms with Crippen LogP contribution in [0, 0.1) is 16.7 Å². The van der Waals surface area contributed by atoms with E-state index >= 15 is 0 Å². The van der Waals surface area contributed by atoms with Gasteiger partial charge >= 0.3 is 5.97 Å². The molecule has 0 aliphatic heterocycles. The molecule has 0 aromatic heterocycles. The number of aliphatic hydroxyl groups excluding tert-OH is 1. The van der Waals surface area contributed by atoms with E-state index in [9.17, 15) is 14.7 Å². The summed E-state index contributed by atoms with van der Waals surface area (Å²) in [5.41, 5.74) is -0.389. The van der Waals surface area contributed by atoms with Gasteiger partial charge < -0.3 is 9.84 Å². The van der Waals surface area contributed by atoms with Gasteiger partial charge in [-0.2, -0.15) is 0 Å². The molecule has 4 nitrogen and oxygen atoms in total. The number of carbonyl (C=O) groups excluding carboxylic acids is 2. The summed E-state index contributed by atoms with van der Waals surface area (Å²) >= 11 is 0. The first kappa shape index (κ1) is 13.1. The van der Waals surface area contributed by atoms with Crippen molar-refractivity contribution in [3.05, 3.63) is 11.3 Å². The van der Waals surface area contributed by atoms with Crippen LogP contribution in [0.15, 0.2) is 11.3 Å². The minimum absolute atomic E-state index is 0.0422. The highest BCUT2D eigenvalue weighted by Crippen LogP contribution is 2.65. The maximum absolute atomic E-state index is 12.4. The number of carbonyl (C=O) groups is 2. The van der Waals surface area contributed by atoms with Crippen molar-refractivity contribution in [1.82, 2.24) is 0 Å². The van der Waals surface area contributed by atoms with E-state index in [1.807, 2.05) is 20.8 Å². The Morgan fingerprint density at radius 3 is 2.50 bits per heavy atom. The van der Waals surface area contributed by atoms with Crippen LogP contribution in [-0.4, -0.2) is 23.5 Å². The molecule has 4 heteroatoms. The number of fused-ring (bicyclic) bond motifs is 2. The van der Waals surface area contributed by atoms with Crippen LogP contribution in [0.4, 0.5) is 0 Å². The van der Waals surface area contributed by atoms with Crippen LogP contribution in [0.3, 0.4) is 0 Å². The molecule has 2 aliphatic carbocycles. The van der Waals surface area contributed by atoms with E-state index in [0.29, 0.717) is 0 Å². The van der Waals surface area contributed by atoms with Gasteiger partial charge in [0, 0.05) is 11.0 Å². The molecule has 0 aromatic carbocycles. The monoisotopic (exact) mass is 252 g/mol. The van der Waals surface area contributed by atoms with Crippen molar-refractivity contribution < 1.29 is 19.4 Å². The number of ether oxygens (including phenoxy) is 1.